The van der Waals surface area contributed by atoms with E-state index in [1.807, 2.05) is 0 Å². The van der Waals surface area contributed by atoms with E-state index in [9.17, 15) is 13.6 Å². The Hall–Kier alpha value is -1.99. The Morgan fingerprint density at radius 3 is 2.58 bits per heavy atom. The number of nitrogens with one attached hydrogen (secondary N) is 2. The average molecular weight is 357 g/mol. The molecule has 1 aliphatic carbocycles. The summed E-state index contributed by atoms with van der Waals surface area (Å²) in [4.78, 5) is 12.0. The molecule has 1 fully saturated rings. The zero-order valence-corrected chi connectivity index (χ0v) is 13.7. The summed E-state index contributed by atoms with van der Waals surface area (Å²) >= 11 is 0. The summed E-state index contributed by atoms with van der Waals surface area (Å²) in [5.41, 5.74) is 6.71. The van der Waals surface area contributed by atoms with Crippen LogP contribution in [0.3, 0.4) is 0 Å². The summed E-state index contributed by atoms with van der Waals surface area (Å²) in [5, 5.41) is 9.30. The maximum atomic E-state index is 13.2. The number of hydrogen-bond donors (Lipinski definition) is 3. The molecule has 0 unspecified atom stereocenters. The minimum Gasteiger partial charge on any atom is -0.327 e. The Morgan fingerprint density at radius 2 is 1.96 bits per heavy atom. The van der Waals surface area contributed by atoms with Crippen molar-refractivity contribution in [3.63, 3.8) is 0 Å². The minimum absolute atomic E-state index is 0. The molecule has 0 radical (unpaired) electrons. The van der Waals surface area contributed by atoms with Crippen LogP contribution in [-0.2, 0) is 4.79 Å². The van der Waals surface area contributed by atoms with Crippen LogP contribution < -0.4 is 11.1 Å². The van der Waals surface area contributed by atoms with E-state index in [-0.39, 0.29) is 30.3 Å². The first-order valence-corrected chi connectivity index (χ1v) is 7.58. The maximum Gasteiger partial charge on any atom is 0.225 e. The highest BCUT2D eigenvalue weighted by Gasteiger charge is 2.26. The van der Waals surface area contributed by atoms with Crippen LogP contribution >= 0.6 is 12.4 Å². The highest BCUT2D eigenvalue weighted by molar-refractivity contribution is 5.90. The number of rotatable bonds is 4. The van der Waals surface area contributed by atoms with E-state index in [1.165, 1.54) is 12.1 Å². The molecular weight excluding hydrogens is 338 g/mol. The molecule has 1 aromatic carbocycles. The third-order valence-electron chi connectivity index (χ3n) is 4.18. The Kier molecular flexibility index (Phi) is 5.90. The Bertz CT molecular complexity index is 702. The predicted molar refractivity (Wildman–Crippen MR) is 89.8 cm³/mol. The van der Waals surface area contributed by atoms with Gasteiger partial charge < -0.3 is 11.1 Å². The van der Waals surface area contributed by atoms with Crippen molar-refractivity contribution < 1.29 is 13.6 Å². The second-order valence-corrected chi connectivity index (χ2v) is 5.93. The number of anilines is 1. The lowest BCUT2D eigenvalue weighted by molar-refractivity contribution is -0.117. The first-order chi connectivity index (χ1) is 11.0. The van der Waals surface area contributed by atoms with E-state index in [4.69, 9.17) is 5.73 Å². The summed E-state index contributed by atoms with van der Waals surface area (Å²) in [5.74, 6) is -0.978. The zero-order chi connectivity index (χ0) is 16.4. The van der Waals surface area contributed by atoms with Crippen LogP contribution in [-0.4, -0.2) is 22.1 Å². The van der Waals surface area contributed by atoms with Crippen molar-refractivity contribution in [2.24, 2.45) is 11.7 Å². The summed E-state index contributed by atoms with van der Waals surface area (Å²) in [6, 6.07) is 4.80. The highest BCUT2D eigenvalue weighted by Crippen LogP contribution is 2.27. The number of nitrogens with two attached hydrogens (primary N) is 1. The lowest BCUT2D eigenvalue weighted by atomic mass is 10.00. The lowest BCUT2D eigenvalue weighted by Gasteiger charge is -2.13. The second-order valence-electron chi connectivity index (χ2n) is 5.93. The maximum absolute atomic E-state index is 13.2. The number of nitrogens with zero attached hydrogens (tertiary/aromatic N) is 1. The molecule has 1 aromatic heterocycles. The fourth-order valence-electron chi connectivity index (χ4n) is 2.99. The van der Waals surface area contributed by atoms with Crippen molar-refractivity contribution in [3.05, 3.63) is 35.9 Å². The van der Waals surface area contributed by atoms with Crippen LogP contribution in [0.15, 0.2) is 24.3 Å². The van der Waals surface area contributed by atoms with Crippen LogP contribution in [0.1, 0.15) is 25.7 Å². The third kappa shape index (κ3) is 4.30. The number of carbonyl (C=O) groups excluding carboxylic acids is 1. The molecule has 1 aliphatic rings. The number of aromatic nitrogens is 2. The molecule has 0 saturated heterocycles. The van der Waals surface area contributed by atoms with E-state index in [1.54, 1.807) is 6.07 Å². The molecule has 1 heterocycles. The van der Waals surface area contributed by atoms with Gasteiger partial charge in [-0.25, -0.2) is 8.78 Å². The molecule has 0 spiro atoms. The minimum atomic E-state index is -0.671. The second kappa shape index (κ2) is 7.72. The molecule has 1 amide bonds. The fraction of sp³-hybridized carbons (Fsp3) is 0.375. The van der Waals surface area contributed by atoms with Gasteiger partial charge in [0.2, 0.25) is 5.91 Å². The van der Waals surface area contributed by atoms with Gasteiger partial charge in [0.25, 0.3) is 0 Å². The zero-order valence-electron chi connectivity index (χ0n) is 12.9. The number of H-pyrrole nitrogens is 1. The molecule has 0 bridgehead atoms. The number of carbonyl (C=O) groups is 1. The van der Waals surface area contributed by atoms with E-state index >= 15 is 0 Å². The van der Waals surface area contributed by atoms with Crippen LogP contribution in [0.25, 0.3) is 11.3 Å². The van der Waals surface area contributed by atoms with Crippen LogP contribution in [0.5, 0.6) is 0 Å². The van der Waals surface area contributed by atoms with Gasteiger partial charge in [0.15, 0.2) is 5.82 Å². The predicted octanol–water partition coefficient (Wildman–Crippen LogP) is 3.23. The van der Waals surface area contributed by atoms with E-state index < -0.39 is 11.6 Å². The Balaban J connectivity index is 0.00000208. The van der Waals surface area contributed by atoms with E-state index in [0.717, 1.165) is 25.3 Å². The van der Waals surface area contributed by atoms with Gasteiger partial charge in [-0.15, -0.1) is 12.4 Å². The number of amides is 1. The van der Waals surface area contributed by atoms with E-state index in [2.05, 4.69) is 15.5 Å². The molecule has 1 saturated carbocycles. The lowest BCUT2D eigenvalue weighted by Crippen LogP contribution is -2.28. The smallest absolute Gasteiger partial charge is 0.225 e. The third-order valence-corrected chi connectivity index (χ3v) is 4.18. The van der Waals surface area contributed by atoms with Crippen molar-refractivity contribution in [3.8, 4) is 11.3 Å². The summed E-state index contributed by atoms with van der Waals surface area (Å²) in [6.07, 6.45) is 3.33. The SMILES string of the molecule is Cl.N[C@@H]1CCC[C@H]1CC(=O)Nc1cc(-c2cc(F)cc(F)c2)[nH]n1. The molecule has 2 atom stereocenters. The molecule has 2 aromatic rings. The monoisotopic (exact) mass is 356 g/mol. The fourth-order valence-corrected chi connectivity index (χ4v) is 2.99. The normalized spacial score (nSPS) is 19.8. The van der Waals surface area contributed by atoms with Crippen LogP contribution in [0.4, 0.5) is 14.6 Å². The van der Waals surface area contributed by atoms with Crippen molar-refractivity contribution in [2.45, 2.75) is 31.7 Å². The number of aromatic amines is 1. The van der Waals surface area contributed by atoms with Gasteiger partial charge in [0.1, 0.15) is 11.6 Å². The number of halogens is 3. The standard InChI is InChI=1S/C16H18F2N4O.ClH/c17-11-4-10(5-12(18)7-11)14-8-15(22-21-14)20-16(23)6-9-2-1-3-13(9)19;/h4-5,7-9,13H,1-3,6,19H2,(H2,20,21,22,23);1H/t9-,13+;/m0./s1. The molecular formula is C16H19ClF2N4O. The van der Waals surface area contributed by atoms with Gasteiger partial charge >= 0.3 is 0 Å². The summed E-state index contributed by atoms with van der Waals surface area (Å²) < 4.78 is 26.5. The van der Waals surface area contributed by atoms with Crippen molar-refractivity contribution in [1.29, 1.82) is 0 Å². The molecule has 0 aliphatic heterocycles. The quantitative estimate of drug-likeness (QED) is 0.786. The van der Waals surface area contributed by atoms with Gasteiger partial charge in [-0.3, -0.25) is 9.89 Å². The van der Waals surface area contributed by atoms with E-state index in [0.29, 0.717) is 23.5 Å². The molecule has 4 N–H and O–H groups in total. The molecule has 130 valence electrons. The van der Waals surface area contributed by atoms with Gasteiger partial charge in [0.05, 0.1) is 5.69 Å². The van der Waals surface area contributed by atoms with Crippen LogP contribution in [0.2, 0.25) is 0 Å². The van der Waals surface area contributed by atoms with Crippen molar-refractivity contribution in [2.75, 3.05) is 5.32 Å². The van der Waals surface area contributed by atoms with Gasteiger partial charge in [-0.2, -0.15) is 5.10 Å². The van der Waals surface area contributed by atoms with Crippen molar-refractivity contribution >= 4 is 24.1 Å². The number of benzene rings is 1. The molecule has 3 rings (SSSR count). The van der Waals surface area contributed by atoms with Gasteiger partial charge in [0, 0.05) is 30.2 Å². The molecule has 24 heavy (non-hydrogen) atoms. The topological polar surface area (TPSA) is 83.8 Å². The first-order valence-electron chi connectivity index (χ1n) is 7.58. The first kappa shape index (κ1) is 18.4. The summed E-state index contributed by atoms with van der Waals surface area (Å²) in [7, 11) is 0. The molecule has 5 nitrogen and oxygen atoms in total. The largest absolute Gasteiger partial charge is 0.327 e. The Labute approximate surface area is 144 Å². The summed E-state index contributed by atoms with van der Waals surface area (Å²) in [6.45, 7) is 0. The van der Waals surface area contributed by atoms with Crippen LogP contribution in [0, 0.1) is 17.6 Å². The number of hydrogen-bond acceptors (Lipinski definition) is 3. The van der Waals surface area contributed by atoms with Gasteiger partial charge in [-0.05, 0) is 30.9 Å². The Morgan fingerprint density at radius 1 is 1.25 bits per heavy atom. The van der Waals surface area contributed by atoms with Crippen molar-refractivity contribution in [1.82, 2.24) is 10.2 Å². The highest BCUT2D eigenvalue weighted by atomic mass is 35.5. The molecule has 8 heteroatoms. The van der Waals surface area contributed by atoms with Gasteiger partial charge in [-0.1, -0.05) is 6.42 Å². The average Bonchev–Trinajstić information content (AvgIpc) is 3.08.